The average molecular weight is 352 g/mol. The molecule has 130 valence electrons. The third-order valence-corrected chi connectivity index (χ3v) is 3.48. The molecule has 0 aliphatic rings. The van der Waals surface area contributed by atoms with Crippen molar-refractivity contribution in [2.75, 3.05) is 0 Å². The van der Waals surface area contributed by atoms with Gasteiger partial charge in [0.2, 0.25) is 0 Å². The lowest BCUT2D eigenvalue weighted by Crippen LogP contribution is -2.50. The number of aromatic nitrogens is 2. The summed E-state index contributed by atoms with van der Waals surface area (Å²) < 4.78 is 93.3. The van der Waals surface area contributed by atoms with Gasteiger partial charge in [0.15, 0.2) is 0 Å². The summed E-state index contributed by atoms with van der Waals surface area (Å²) in [6, 6.07) is 1.91. The van der Waals surface area contributed by atoms with Crippen LogP contribution in [0, 0.1) is 13.8 Å². The van der Waals surface area contributed by atoms with Crippen molar-refractivity contribution >= 4 is 0 Å². The number of hydrogen-bond acceptors (Lipinski definition) is 2. The first-order chi connectivity index (χ1) is 10.9. The Hall–Kier alpha value is -2.19. The maximum atomic E-state index is 14.6. The Bertz CT molecular complexity index is 722. The van der Waals surface area contributed by atoms with Crippen LogP contribution in [0.4, 0.5) is 30.7 Å². The largest absolute Gasteiger partial charge is 0.435 e. The van der Waals surface area contributed by atoms with Gasteiger partial charge in [0.25, 0.3) is 0 Å². The molecule has 0 saturated carbocycles. The minimum Gasteiger partial charge on any atom is -0.244 e. The van der Waals surface area contributed by atoms with Crippen LogP contribution < -0.4 is 0 Å². The fraction of sp³-hybridized carbons (Fsp3) is 0.333. The van der Waals surface area contributed by atoms with Crippen molar-refractivity contribution in [1.29, 1.82) is 0 Å². The summed E-state index contributed by atoms with van der Waals surface area (Å²) in [7, 11) is 0. The van der Waals surface area contributed by atoms with Crippen LogP contribution in [0.1, 0.15) is 16.7 Å². The first-order valence-corrected chi connectivity index (χ1v) is 6.59. The SMILES string of the molecule is Cc1cc(C)c(-c2cncnc2)c(C(F)(C(F)(F)F)C(F)(F)F)c1. The number of alkyl halides is 7. The van der Waals surface area contributed by atoms with Gasteiger partial charge in [-0.15, -0.1) is 0 Å². The van der Waals surface area contributed by atoms with E-state index in [0.29, 0.717) is 6.07 Å². The Morgan fingerprint density at radius 3 is 1.75 bits per heavy atom. The molecule has 1 aromatic carbocycles. The quantitative estimate of drug-likeness (QED) is 0.707. The Morgan fingerprint density at radius 2 is 1.29 bits per heavy atom. The standard InChI is InChI=1S/C15H11F7N2/c1-8-3-9(2)12(10-5-23-7-24-6-10)11(4-8)13(16,14(17,18)19)15(20,21)22/h3-7H,1-2H3. The molecule has 0 bridgehead atoms. The number of aryl methyl sites for hydroxylation is 2. The summed E-state index contributed by atoms with van der Waals surface area (Å²) >= 11 is 0. The first kappa shape index (κ1) is 18.2. The molecule has 1 heterocycles. The van der Waals surface area contributed by atoms with Crippen molar-refractivity contribution in [2.45, 2.75) is 31.9 Å². The summed E-state index contributed by atoms with van der Waals surface area (Å²) in [6.07, 6.45) is -9.25. The van der Waals surface area contributed by atoms with Gasteiger partial charge in [-0.05, 0) is 25.0 Å². The lowest BCUT2D eigenvalue weighted by Gasteiger charge is -2.32. The highest BCUT2D eigenvalue weighted by atomic mass is 19.4. The zero-order valence-corrected chi connectivity index (χ0v) is 12.4. The zero-order valence-electron chi connectivity index (χ0n) is 12.4. The number of hydrogen-bond donors (Lipinski definition) is 0. The van der Waals surface area contributed by atoms with E-state index in [-0.39, 0.29) is 16.7 Å². The van der Waals surface area contributed by atoms with Crippen LogP contribution in [-0.4, -0.2) is 22.3 Å². The Morgan fingerprint density at radius 1 is 0.792 bits per heavy atom. The predicted molar refractivity (Wildman–Crippen MR) is 71.8 cm³/mol. The highest BCUT2D eigenvalue weighted by molar-refractivity contribution is 5.72. The second-order valence-electron chi connectivity index (χ2n) is 5.29. The number of nitrogens with zero attached hydrogens (tertiary/aromatic N) is 2. The Kier molecular flexibility index (Phi) is 4.32. The summed E-state index contributed by atoms with van der Waals surface area (Å²) in [5, 5.41) is 0. The van der Waals surface area contributed by atoms with Crippen molar-refractivity contribution in [1.82, 2.24) is 9.97 Å². The minimum absolute atomic E-state index is 0.0512. The summed E-state index contributed by atoms with van der Waals surface area (Å²) in [4.78, 5) is 7.15. The Labute approximate surface area is 132 Å². The van der Waals surface area contributed by atoms with E-state index in [0.717, 1.165) is 18.7 Å². The Balaban J connectivity index is 2.92. The van der Waals surface area contributed by atoms with Crippen LogP contribution in [0.5, 0.6) is 0 Å². The smallest absolute Gasteiger partial charge is 0.244 e. The molecule has 0 N–H and O–H groups in total. The predicted octanol–water partition coefficient (Wildman–Crippen LogP) is 5.05. The van der Waals surface area contributed by atoms with Crippen LogP contribution in [0.2, 0.25) is 0 Å². The molecule has 0 amide bonds. The summed E-state index contributed by atoms with van der Waals surface area (Å²) in [5.74, 6) is 0. The third kappa shape index (κ3) is 2.83. The molecule has 0 radical (unpaired) electrons. The van der Waals surface area contributed by atoms with E-state index in [4.69, 9.17) is 0 Å². The van der Waals surface area contributed by atoms with Crippen molar-refractivity contribution in [3.63, 3.8) is 0 Å². The molecule has 0 spiro atoms. The van der Waals surface area contributed by atoms with Gasteiger partial charge in [0.1, 0.15) is 6.33 Å². The maximum absolute atomic E-state index is 14.6. The van der Waals surface area contributed by atoms with Crippen LogP contribution in [0.3, 0.4) is 0 Å². The zero-order chi connectivity index (χ0) is 18.3. The fourth-order valence-corrected chi connectivity index (χ4v) is 2.52. The number of halogens is 7. The van der Waals surface area contributed by atoms with E-state index in [9.17, 15) is 30.7 Å². The van der Waals surface area contributed by atoms with Gasteiger partial charge in [-0.25, -0.2) is 14.4 Å². The molecule has 2 aromatic rings. The van der Waals surface area contributed by atoms with E-state index in [1.165, 1.54) is 19.9 Å². The highest BCUT2D eigenvalue weighted by Crippen LogP contribution is 2.55. The summed E-state index contributed by atoms with van der Waals surface area (Å²) in [5.41, 5.74) is -7.58. The molecule has 0 aliphatic heterocycles. The number of benzene rings is 1. The average Bonchev–Trinajstić information content (AvgIpc) is 2.44. The molecule has 0 aliphatic carbocycles. The van der Waals surface area contributed by atoms with Crippen molar-refractivity contribution in [2.24, 2.45) is 0 Å². The first-order valence-electron chi connectivity index (χ1n) is 6.59. The van der Waals surface area contributed by atoms with Crippen LogP contribution in [-0.2, 0) is 5.67 Å². The topological polar surface area (TPSA) is 25.8 Å². The second kappa shape index (κ2) is 5.71. The highest BCUT2D eigenvalue weighted by Gasteiger charge is 2.74. The molecule has 2 rings (SSSR count). The minimum atomic E-state index is -6.18. The third-order valence-electron chi connectivity index (χ3n) is 3.48. The number of rotatable bonds is 2. The van der Waals surface area contributed by atoms with Gasteiger partial charge in [0, 0.05) is 23.5 Å². The summed E-state index contributed by atoms with van der Waals surface area (Å²) in [6.45, 7) is 2.58. The second-order valence-corrected chi connectivity index (χ2v) is 5.29. The van der Waals surface area contributed by atoms with Gasteiger partial charge in [0.05, 0.1) is 0 Å². The van der Waals surface area contributed by atoms with E-state index >= 15 is 0 Å². The monoisotopic (exact) mass is 352 g/mol. The molecule has 0 fully saturated rings. The molecule has 2 nitrogen and oxygen atoms in total. The maximum Gasteiger partial charge on any atom is 0.435 e. The van der Waals surface area contributed by atoms with Crippen LogP contribution in [0.15, 0.2) is 30.9 Å². The fourth-order valence-electron chi connectivity index (χ4n) is 2.52. The van der Waals surface area contributed by atoms with Gasteiger partial charge in [-0.3, -0.25) is 0 Å². The normalized spacial score (nSPS) is 13.2. The van der Waals surface area contributed by atoms with Crippen molar-refractivity contribution in [3.8, 4) is 11.1 Å². The van der Waals surface area contributed by atoms with E-state index < -0.39 is 29.1 Å². The molecule has 0 atom stereocenters. The molecule has 0 unspecified atom stereocenters. The molecular formula is C15H11F7N2. The van der Waals surface area contributed by atoms with Crippen LogP contribution >= 0.6 is 0 Å². The van der Waals surface area contributed by atoms with Gasteiger partial charge in [-0.2, -0.15) is 26.3 Å². The van der Waals surface area contributed by atoms with Gasteiger partial charge >= 0.3 is 18.0 Å². The van der Waals surface area contributed by atoms with Crippen molar-refractivity contribution < 1.29 is 30.7 Å². The molecule has 1 aromatic heterocycles. The van der Waals surface area contributed by atoms with Gasteiger partial charge < -0.3 is 0 Å². The van der Waals surface area contributed by atoms with Crippen molar-refractivity contribution in [3.05, 3.63) is 47.5 Å². The van der Waals surface area contributed by atoms with E-state index in [2.05, 4.69) is 9.97 Å². The molecule has 9 heteroatoms. The van der Waals surface area contributed by atoms with Crippen LogP contribution in [0.25, 0.3) is 11.1 Å². The lowest BCUT2D eigenvalue weighted by atomic mass is 9.84. The molecule has 0 saturated heterocycles. The lowest BCUT2D eigenvalue weighted by molar-refractivity contribution is -0.348. The molecular weight excluding hydrogens is 341 g/mol. The van der Waals surface area contributed by atoms with E-state index in [1.54, 1.807) is 0 Å². The molecule has 24 heavy (non-hydrogen) atoms. The van der Waals surface area contributed by atoms with E-state index in [1.807, 2.05) is 0 Å². The van der Waals surface area contributed by atoms with Gasteiger partial charge in [-0.1, -0.05) is 17.7 Å².